The van der Waals surface area contributed by atoms with Gasteiger partial charge in [0.2, 0.25) is 0 Å². The van der Waals surface area contributed by atoms with Gasteiger partial charge >= 0.3 is 11.9 Å². The van der Waals surface area contributed by atoms with Crippen molar-refractivity contribution < 1.29 is 42.1 Å². The van der Waals surface area contributed by atoms with E-state index in [0.29, 0.717) is 23.9 Å². The SMILES string of the molecule is CC/C=C\C/C=C\C/C=C\C/C=C\C/C=C\C/C=C\C/C=C\C/C=C\C/C=C\CCCCCCCC(=O)OC(COC(=O)CCCCCCC/C=C\C/C=C\CCCC)COP(=O)([O-])OCC[N+](C)(C)C. The van der Waals surface area contributed by atoms with Crippen molar-refractivity contribution in [3.05, 3.63) is 134 Å². The minimum Gasteiger partial charge on any atom is -0.756 e. The van der Waals surface area contributed by atoms with Crippen LogP contribution in [0, 0.1) is 0 Å². The molecule has 0 aromatic heterocycles. The number of esters is 2. The van der Waals surface area contributed by atoms with E-state index in [1.807, 2.05) is 21.1 Å². The maximum Gasteiger partial charge on any atom is 0.306 e. The monoisotopic (exact) mass is 1010 g/mol. The first-order valence-corrected chi connectivity index (χ1v) is 28.9. The summed E-state index contributed by atoms with van der Waals surface area (Å²) in [6.07, 6.45) is 73.5. The number of allylic oxidation sites excluding steroid dienone is 22. The fraction of sp³-hybridized carbons (Fsp3) is 0.607. The molecule has 0 aromatic carbocycles. The van der Waals surface area contributed by atoms with Crippen LogP contribution in [0.4, 0.5) is 0 Å². The smallest absolute Gasteiger partial charge is 0.306 e. The first-order valence-electron chi connectivity index (χ1n) is 27.4. The zero-order valence-corrected chi connectivity index (χ0v) is 46.3. The zero-order chi connectivity index (χ0) is 52.0. The van der Waals surface area contributed by atoms with Crippen molar-refractivity contribution in [1.82, 2.24) is 0 Å². The lowest BCUT2D eigenvalue weighted by Crippen LogP contribution is -2.37. The van der Waals surface area contributed by atoms with Crippen LogP contribution in [0.5, 0.6) is 0 Å². The molecule has 0 radical (unpaired) electrons. The molecule has 2 atom stereocenters. The lowest BCUT2D eigenvalue weighted by atomic mass is 10.1. The highest BCUT2D eigenvalue weighted by atomic mass is 31.2. The van der Waals surface area contributed by atoms with Gasteiger partial charge in [0.1, 0.15) is 19.8 Å². The third kappa shape index (κ3) is 55.3. The van der Waals surface area contributed by atoms with Gasteiger partial charge in [0, 0.05) is 12.8 Å². The first kappa shape index (κ1) is 67.1. The summed E-state index contributed by atoms with van der Waals surface area (Å²) < 4.78 is 34.0. The second-order valence-corrected chi connectivity index (χ2v) is 20.3. The number of phosphoric acid groups is 1. The number of carbonyl (C=O) groups is 2. The Bertz CT molecular complexity index is 1660. The molecule has 71 heavy (non-hydrogen) atoms. The summed E-state index contributed by atoms with van der Waals surface area (Å²) in [4.78, 5) is 37.7. The van der Waals surface area contributed by atoms with E-state index in [2.05, 4.69) is 148 Å². The Balaban J connectivity index is 4.26. The second-order valence-electron chi connectivity index (χ2n) is 18.9. The Hall–Kier alpha value is -3.85. The summed E-state index contributed by atoms with van der Waals surface area (Å²) in [6.45, 7) is 4.01. The van der Waals surface area contributed by atoms with Crippen molar-refractivity contribution >= 4 is 19.8 Å². The summed E-state index contributed by atoms with van der Waals surface area (Å²) in [5.41, 5.74) is 0. The summed E-state index contributed by atoms with van der Waals surface area (Å²) in [6, 6.07) is 0. The predicted molar refractivity (Wildman–Crippen MR) is 300 cm³/mol. The number of unbranched alkanes of at least 4 members (excludes halogenated alkanes) is 12. The van der Waals surface area contributed by atoms with E-state index < -0.39 is 32.5 Å². The minimum atomic E-state index is -4.65. The molecule has 0 bridgehead atoms. The van der Waals surface area contributed by atoms with Crippen LogP contribution >= 0.6 is 7.82 Å². The molecule has 0 heterocycles. The van der Waals surface area contributed by atoms with E-state index in [-0.39, 0.29) is 26.1 Å². The number of rotatable bonds is 48. The van der Waals surface area contributed by atoms with Gasteiger partial charge in [0.15, 0.2) is 6.10 Å². The number of nitrogens with zero attached hydrogens (tertiary/aromatic N) is 1. The van der Waals surface area contributed by atoms with Crippen molar-refractivity contribution in [1.29, 1.82) is 0 Å². The second kappa shape index (κ2) is 51.1. The van der Waals surface area contributed by atoms with E-state index in [4.69, 9.17) is 18.5 Å². The molecule has 0 N–H and O–H groups in total. The van der Waals surface area contributed by atoms with Gasteiger partial charge in [-0.2, -0.15) is 0 Å². The molecule has 0 spiro atoms. The minimum absolute atomic E-state index is 0.0451. The van der Waals surface area contributed by atoms with Gasteiger partial charge in [-0.25, -0.2) is 0 Å². The molecule has 9 nitrogen and oxygen atoms in total. The van der Waals surface area contributed by atoms with E-state index in [1.165, 1.54) is 12.8 Å². The summed E-state index contributed by atoms with van der Waals surface area (Å²) in [5.74, 6) is -0.885. The molecule has 0 rings (SSSR count). The Morgan fingerprint density at radius 3 is 1.20 bits per heavy atom. The lowest BCUT2D eigenvalue weighted by Gasteiger charge is -2.28. The molecule has 0 saturated heterocycles. The van der Waals surface area contributed by atoms with Crippen LogP contribution in [-0.4, -0.2) is 70.0 Å². The van der Waals surface area contributed by atoms with Crippen LogP contribution < -0.4 is 4.89 Å². The van der Waals surface area contributed by atoms with Gasteiger partial charge in [-0.3, -0.25) is 14.2 Å². The van der Waals surface area contributed by atoms with Crippen LogP contribution in [0.15, 0.2) is 134 Å². The normalized spacial score (nSPS) is 14.4. The molecule has 0 fully saturated rings. The van der Waals surface area contributed by atoms with Gasteiger partial charge < -0.3 is 27.9 Å². The van der Waals surface area contributed by atoms with E-state index >= 15 is 0 Å². The molecule has 0 aliphatic carbocycles. The topological polar surface area (TPSA) is 111 Å². The highest BCUT2D eigenvalue weighted by Gasteiger charge is 2.21. The van der Waals surface area contributed by atoms with Crippen LogP contribution in [0.2, 0.25) is 0 Å². The number of carbonyl (C=O) groups excluding carboxylic acids is 2. The largest absolute Gasteiger partial charge is 0.756 e. The molecular weight excluding hydrogens is 906 g/mol. The van der Waals surface area contributed by atoms with Crippen LogP contribution in [0.3, 0.4) is 0 Å². The number of ether oxygens (including phenoxy) is 2. The molecule has 402 valence electrons. The Morgan fingerprint density at radius 1 is 0.451 bits per heavy atom. The van der Waals surface area contributed by atoms with Crippen molar-refractivity contribution in [3.63, 3.8) is 0 Å². The third-order valence-corrected chi connectivity index (χ3v) is 11.9. The number of hydrogen-bond acceptors (Lipinski definition) is 8. The van der Waals surface area contributed by atoms with Gasteiger partial charge in [-0.1, -0.05) is 199 Å². The average Bonchev–Trinajstić information content (AvgIpc) is 3.33. The molecular formula is C61H100NO8P. The molecule has 0 aliphatic rings. The fourth-order valence-corrected chi connectivity index (χ4v) is 7.39. The van der Waals surface area contributed by atoms with Gasteiger partial charge in [-0.15, -0.1) is 0 Å². The number of likely N-dealkylation sites (N-methyl/N-ethyl adjacent to an activating group) is 1. The summed E-state index contributed by atoms with van der Waals surface area (Å²) >= 11 is 0. The van der Waals surface area contributed by atoms with Crippen LogP contribution in [0.1, 0.15) is 187 Å². The van der Waals surface area contributed by atoms with E-state index in [9.17, 15) is 19.0 Å². The number of phosphoric ester groups is 1. The van der Waals surface area contributed by atoms with Crippen molar-refractivity contribution in [2.45, 2.75) is 193 Å². The van der Waals surface area contributed by atoms with Crippen molar-refractivity contribution in [2.75, 3.05) is 47.5 Å². The number of quaternary nitrogens is 1. The first-order chi connectivity index (χ1) is 34.5. The van der Waals surface area contributed by atoms with Crippen LogP contribution in [-0.2, 0) is 32.7 Å². The highest BCUT2D eigenvalue weighted by molar-refractivity contribution is 7.45. The Morgan fingerprint density at radius 2 is 0.803 bits per heavy atom. The molecule has 10 heteroatoms. The quantitative estimate of drug-likeness (QED) is 0.0195. The fourth-order valence-electron chi connectivity index (χ4n) is 6.66. The van der Waals surface area contributed by atoms with Crippen LogP contribution in [0.25, 0.3) is 0 Å². The predicted octanol–water partition coefficient (Wildman–Crippen LogP) is 16.3. The van der Waals surface area contributed by atoms with E-state index in [1.54, 1.807) is 0 Å². The summed E-state index contributed by atoms with van der Waals surface area (Å²) in [7, 11) is 1.12. The maximum atomic E-state index is 12.8. The molecule has 0 aromatic rings. The molecule has 0 saturated carbocycles. The molecule has 0 aliphatic heterocycles. The average molecular weight is 1010 g/mol. The molecule has 2 unspecified atom stereocenters. The highest BCUT2D eigenvalue weighted by Crippen LogP contribution is 2.38. The zero-order valence-electron chi connectivity index (χ0n) is 45.4. The molecule has 0 amide bonds. The number of hydrogen-bond donors (Lipinski definition) is 0. The van der Waals surface area contributed by atoms with Gasteiger partial charge in [-0.05, 0) is 109 Å². The van der Waals surface area contributed by atoms with E-state index in [0.717, 1.165) is 135 Å². The third-order valence-electron chi connectivity index (χ3n) is 10.9. The maximum absolute atomic E-state index is 12.8. The Kier molecular flexibility index (Phi) is 48.3. The van der Waals surface area contributed by atoms with Crippen molar-refractivity contribution in [3.8, 4) is 0 Å². The van der Waals surface area contributed by atoms with Gasteiger partial charge in [0.25, 0.3) is 7.82 Å². The standard InChI is InChI=1S/C61H100NO8P/c1-6-8-10-12-14-16-18-20-22-23-24-25-26-27-28-29-30-31-32-33-34-35-36-37-38-39-40-42-44-46-48-50-52-54-61(64)70-59(58-69-71(65,66)68-56-55-62(3,4)5)57-67-60(63)53-51-49-47-45-43-41-21-19-17-15-13-11-9-7-2/h8,10,13-16,19-22,24-25,27-28,30-31,33-34,36-37,39-40,59H,6-7,9,11-12,17-18,23,26,29,32,35,38,41-58H2,1-5H3/b10-8-,15-13-,16-14-,21-19-,22-20-,25-24-,28-27-,31-30-,34-33-,37-36-,40-39-. The summed E-state index contributed by atoms with van der Waals surface area (Å²) in [5, 5.41) is 0. The lowest BCUT2D eigenvalue weighted by molar-refractivity contribution is -0.870. The van der Waals surface area contributed by atoms with Gasteiger partial charge in [0.05, 0.1) is 27.7 Å². The van der Waals surface area contributed by atoms with Crippen molar-refractivity contribution in [2.24, 2.45) is 0 Å². The Labute approximate surface area is 434 Å².